The Morgan fingerprint density at radius 3 is 2.12 bits per heavy atom. The molecule has 4 heteroatoms. The number of benzene rings is 2. The Hall–Kier alpha value is -2.20. The number of carbonyl (C=O) groups is 1. The van der Waals surface area contributed by atoms with Crippen molar-refractivity contribution >= 4 is 5.78 Å². The molecule has 0 amide bonds. The van der Waals surface area contributed by atoms with Gasteiger partial charge < -0.3 is 5.11 Å². The number of aromatic hydroxyl groups is 1. The summed E-state index contributed by atoms with van der Waals surface area (Å²) in [6.07, 6.45) is 0. The van der Waals surface area contributed by atoms with Gasteiger partial charge in [-0.05, 0) is 54.9 Å². The van der Waals surface area contributed by atoms with Gasteiger partial charge in [0.2, 0.25) is 0 Å². The maximum atomic E-state index is 13.2. The predicted molar refractivity (Wildman–Crippen MR) is 103 cm³/mol. The quantitative estimate of drug-likeness (QED) is 0.748. The van der Waals surface area contributed by atoms with Gasteiger partial charge in [0, 0.05) is 28.8 Å². The lowest BCUT2D eigenvalue weighted by Gasteiger charge is -2.25. The molecular formula is C22H28FNO2. The molecule has 2 aromatic rings. The van der Waals surface area contributed by atoms with Crippen molar-refractivity contribution < 1.29 is 14.3 Å². The fourth-order valence-corrected chi connectivity index (χ4v) is 2.97. The molecule has 140 valence electrons. The summed E-state index contributed by atoms with van der Waals surface area (Å²) >= 11 is 0. The van der Waals surface area contributed by atoms with Crippen molar-refractivity contribution in [2.75, 3.05) is 13.1 Å². The summed E-state index contributed by atoms with van der Waals surface area (Å²) in [7, 11) is 0. The molecular weight excluding hydrogens is 329 g/mol. The minimum Gasteiger partial charge on any atom is -0.507 e. The van der Waals surface area contributed by atoms with Gasteiger partial charge in [-0.1, -0.05) is 34.6 Å². The molecule has 0 unspecified atom stereocenters. The Kier molecular flexibility index (Phi) is 6.19. The first-order valence-electron chi connectivity index (χ1n) is 9.06. The van der Waals surface area contributed by atoms with Crippen molar-refractivity contribution in [1.29, 1.82) is 0 Å². The zero-order valence-electron chi connectivity index (χ0n) is 16.3. The molecule has 0 saturated heterocycles. The number of phenolic OH excluding ortho intramolecular Hbond substituents is 1. The lowest BCUT2D eigenvalue weighted by molar-refractivity contribution is 0.103. The highest BCUT2D eigenvalue weighted by Crippen LogP contribution is 2.35. The highest BCUT2D eigenvalue weighted by atomic mass is 19.1. The second-order valence-electron chi connectivity index (χ2n) is 7.58. The standard InChI is InChI=1S/C22H28FNO2/c1-6-24(7-2)14-17-12-16(13-19(21(17)26)22(3,4)5)20(25)15-8-10-18(23)11-9-15/h8-13,26H,6-7,14H2,1-5H3. The van der Waals surface area contributed by atoms with Crippen LogP contribution in [0, 0.1) is 5.82 Å². The van der Waals surface area contributed by atoms with Crippen LogP contribution in [-0.4, -0.2) is 28.9 Å². The van der Waals surface area contributed by atoms with Crippen LogP contribution in [0.3, 0.4) is 0 Å². The molecule has 1 N–H and O–H groups in total. The SMILES string of the molecule is CCN(CC)Cc1cc(C(=O)c2ccc(F)cc2)cc(C(C)(C)C)c1O. The third-order valence-electron chi connectivity index (χ3n) is 4.65. The van der Waals surface area contributed by atoms with E-state index in [0.29, 0.717) is 17.7 Å². The smallest absolute Gasteiger partial charge is 0.193 e. The molecule has 26 heavy (non-hydrogen) atoms. The van der Waals surface area contributed by atoms with E-state index in [1.54, 1.807) is 12.1 Å². The van der Waals surface area contributed by atoms with Gasteiger partial charge in [-0.3, -0.25) is 9.69 Å². The summed E-state index contributed by atoms with van der Waals surface area (Å²) in [5, 5.41) is 10.8. The Morgan fingerprint density at radius 1 is 1.04 bits per heavy atom. The van der Waals surface area contributed by atoms with E-state index < -0.39 is 0 Å². The summed E-state index contributed by atoms with van der Waals surface area (Å²) in [4.78, 5) is 15.1. The summed E-state index contributed by atoms with van der Waals surface area (Å²) < 4.78 is 13.2. The van der Waals surface area contributed by atoms with Crippen LogP contribution in [0.15, 0.2) is 36.4 Å². The Bertz CT molecular complexity index is 772. The Balaban J connectivity index is 2.54. The van der Waals surface area contributed by atoms with E-state index in [2.05, 4.69) is 18.7 Å². The molecule has 0 bridgehead atoms. The van der Waals surface area contributed by atoms with Crippen LogP contribution >= 0.6 is 0 Å². The molecule has 0 atom stereocenters. The average Bonchev–Trinajstić information content (AvgIpc) is 2.60. The summed E-state index contributed by atoms with van der Waals surface area (Å²) in [5.41, 5.74) is 2.13. The van der Waals surface area contributed by atoms with Crippen molar-refractivity contribution in [2.24, 2.45) is 0 Å². The van der Waals surface area contributed by atoms with Crippen molar-refractivity contribution in [2.45, 2.75) is 46.6 Å². The van der Waals surface area contributed by atoms with Gasteiger partial charge >= 0.3 is 0 Å². The number of hydrogen-bond donors (Lipinski definition) is 1. The second-order valence-corrected chi connectivity index (χ2v) is 7.58. The van der Waals surface area contributed by atoms with Crippen LogP contribution in [0.1, 0.15) is 61.7 Å². The van der Waals surface area contributed by atoms with Gasteiger partial charge in [0.05, 0.1) is 0 Å². The largest absolute Gasteiger partial charge is 0.507 e. The highest BCUT2D eigenvalue weighted by molar-refractivity contribution is 6.09. The van der Waals surface area contributed by atoms with Gasteiger partial charge in [-0.25, -0.2) is 4.39 Å². The van der Waals surface area contributed by atoms with E-state index in [9.17, 15) is 14.3 Å². The van der Waals surface area contributed by atoms with E-state index in [1.807, 2.05) is 20.8 Å². The Morgan fingerprint density at radius 2 is 1.62 bits per heavy atom. The van der Waals surface area contributed by atoms with Crippen LogP contribution in [0.25, 0.3) is 0 Å². The van der Waals surface area contributed by atoms with Crippen molar-refractivity contribution in [3.8, 4) is 5.75 Å². The Labute approximate surface area is 155 Å². The normalized spacial score (nSPS) is 11.8. The third-order valence-corrected chi connectivity index (χ3v) is 4.65. The number of nitrogens with zero attached hydrogens (tertiary/aromatic N) is 1. The highest BCUT2D eigenvalue weighted by Gasteiger charge is 2.24. The maximum absolute atomic E-state index is 13.2. The minimum absolute atomic E-state index is 0.170. The molecule has 0 spiro atoms. The monoisotopic (exact) mass is 357 g/mol. The molecule has 0 aliphatic rings. The van der Waals surface area contributed by atoms with Crippen molar-refractivity contribution in [3.63, 3.8) is 0 Å². The van der Waals surface area contributed by atoms with E-state index in [1.165, 1.54) is 24.3 Å². The number of rotatable bonds is 6. The lowest BCUT2D eigenvalue weighted by atomic mass is 9.83. The van der Waals surface area contributed by atoms with Crippen LogP contribution in [0.5, 0.6) is 5.75 Å². The summed E-state index contributed by atoms with van der Waals surface area (Å²) in [5.74, 6) is -0.291. The van der Waals surface area contributed by atoms with Gasteiger partial charge in [-0.2, -0.15) is 0 Å². The molecule has 2 aromatic carbocycles. The van der Waals surface area contributed by atoms with E-state index in [4.69, 9.17) is 0 Å². The number of hydrogen-bond acceptors (Lipinski definition) is 3. The second kappa shape index (κ2) is 8.00. The molecule has 0 heterocycles. The summed E-state index contributed by atoms with van der Waals surface area (Å²) in [6.45, 7) is 12.5. The maximum Gasteiger partial charge on any atom is 0.193 e. The van der Waals surface area contributed by atoms with Crippen LogP contribution in [-0.2, 0) is 12.0 Å². The lowest BCUT2D eigenvalue weighted by Crippen LogP contribution is -2.23. The fraction of sp³-hybridized carbons (Fsp3) is 0.409. The molecule has 0 aliphatic heterocycles. The molecule has 0 fully saturated rings. The summed E-state index contributed by atoms with van der Waals surface area (Å²) in [6, 6.07) is 9.07. The minimum atomic E-state index is -0.371. The van der Waals surface area contributed by atoms with Crippen LogP contribution < -0.4 is 0 Å². The predicted octanol–water partition coefficient (Wildman–Crippen LogP) is 4.90. The van der Waals surface area contributed by atoms with Gasteiger partial charge in [-0.15, -0.1) is 0 Å². The van der Waals surface area contributed by atoms with E-state index in [0.717, 1.165) is 24.2 Å². The van der Waals surface area contributed by atoms with Gasteiger partial charge in [0.1, 0.15) is 11.6 Å². The van der Waals surface area contributed by atoms with Crippen molar-refractivity contribution in [3.05, 3.63) is 64.5 Å². The van der Waals surface area contributed by atoms with Crippen LogP contribution in [0.2, 0.25) is 0 Å². The number of halogens is 1. The van der Waals surface area contributed by atoms with Gasteiger partial charge in [0.15, 0.2) is 5.78 Å². The molecule has 0 saturated carbocycles. The molecule has 2 rings (SSSR count). The number of ketones is 1. The molecule has 0 aromatic heterocycles. The first-order chi connectivity index (χ1) is 12.2. The molecule has 3 nitrogen and oxygen atoms in total. The van der Waals surface area contributed by atoms with E-state index >= 15 is 0 Å². The number of phenols is 1. The van der Waals surface area contributed by atoms with Crippen LogP contribution in [0.4, 0.5) is 4.39 Å². The van der Waals surface area contributed by atoms with E-state index in [-0.39, 0.29) is 22.8 Å². The third kappa shape index (κ3) is 4.50. The zero-order chi connectivity index (χ0) is 19.5. The van der Waals surface area contributed by atoms with Gasteiger partial charge in [0.25, 0.3) is 0 Å². The first kappa shape index (κ1) is 20.1. The topological polar surface area (TPSA) is 40.5 Å². The molecule has 0 aliphatic carbocycles. The van der Waals surface area contributed by atoms with Crippen molar-refractivity contribution in [1.82, 2.24) is 4.90 Å². The zero-order valence-corrected chi connectivity index (χ0v) is 16.3. The fourth-order valence-electron chi connectivity index (χ4n) is 2.97. The molecule has 0 radical (unpaired) electrons. The number of carbonyl (C=O) groups excluding carboxylic acids is 1. The average molecular weight is 357 g/mol. The first-order valence-corrected chi connectivity index (χ1v) is 9.06.